The second-order valence-corrected chi connectivity index (χ2v) is 8.03. The summed E-state index contributed by atoms with van der Waals surface area (Å²) >= 11 is 0. The van der Waals surface area contributed by atoms with Crippen molar-refractivity contribution in [1.82, 2.24) is 0 Å². The quantitative estimate of drug-likeness (QED) is 0.521. The van der Waals surface area contributed by atoms with Gasteiger partial charge in [-0.1, -0.05) is 48.5 Å². The van der Waals surface area contributed by atoms with Crippen molar-refractivity contribution in [3.8, 4) is 0 Å². The molecule has 1 unspecified atom stereocenters. The molecule has 1 heterocycles. The summed E-state index contributed by atoms with van der Waals surface area (Å²) in [7, 11) is -0.289. The van der Waals surface area contributed by atoms with Gasteiger partial charge in [0.05, 0.1) is 16.9 Å². The Balaban J connectivity index is 1.87. The van der Waals surface area contributed by atoms with E-state index in [0.717, 1.165) is 17.8 Å². The van der Waals surface area contributed by atoms with Crippen LogP contribution in [0, 0.1) is 0 Å². The Kier molecular flexibility index (Phi) is 5.35. The lowest BCUT2D eigenvalue weighted by Gasteiger charge is -2.32. The smallest absolute Gasteiger partial charge is 0.403 e. The molecule has 26 heavy (non-hydrogen) atoms. The molecule has 1 saturated heterocycles. The molecule has 1 atom stereocenters. The molecule has 0 saturated carbocycles. The number of aliphatic imine (C=N–C) groups is 1. The monoisotopic (exact) mass is 349 g/mol. The average molecular weight is 349 g/mol. The third kappa shape index (κ3) is 4.08. The van der Waals surface area contributed by atoms with Crippen molar-refractivity contribution in [3.05, 3.63) is 66.2 Å². The van der Waals surface area contributed by atoms with Gasteiger partial charge in [0.1, 0.15) is 0 Å². The van der Waals surface area contributed by atoms with Crippen LogP contribution in [0.1, 0.15) is 52.4 Å². The van der Waals surface area contributed by atoms with E-state index < -0.39 is 0 Å². The van der Waals surface area contributed by atoms with Crippen molar-refractivity contribution >= 4 is 18.5 Å². The fourth-order valence-corrected chi connectivity index (χ4v) is 3.21. The summed E-state index contributed by atoms with van der Waals surface area (Å²) in [5.41, 5.74) is 2.59. The van der Waals surface area contributed by atoms with E-state index in [-0.39, 0.29) is 24.1 Å². The standard InChI is InChI=1S/C22H28BNO2/c1-17(24-19-14-10-7-11-15-19)16-20(18-12-8-6-9-13-18)23-25-21(2,3)22(4,5)26-23/h6-15,20H,16H2,1-5H3. The molecule has 2 aromatic carbocycles. The maximum absolute atomic E-state index is 6.35. The number of hydrogen-bond donors (Lipinski definition) is 0. The van der Waals surface area contributed by atoms with Gasteiger partial charge in [0.15, 0.2) is 0 Å². The van der Waals surface area contributed by atoms with Crippen molar-refractivity contribution in [2.24, 2.45) is 4.99 Å². The number of benzene rings is 2. The fourth-order valence-electron chi connectivity index (χ4n) is 3.21. The molecule has 136 valence electrons. The van der Waals surface area contributed by atoms with Gasteiger partial charge < -0.3 is 9.31 Å². The van der Waals surface area contributed by atoms with E-state index in [1.807, 2.05) is 36.4 Å². The largest absolute Gasteiger partial charge is 0.466 e. The van der Waals surface area contributed by atoms with E-state index in [2.05, 4.69) is 58.9 Å². The van der Waals surface area contributed by atoms with E-state index in [1.54, 1.807) is 0 Å². The first-order chi connectivity index (χ1) is 12.3. The highest BCUT2D eigenvalue weighted by atomic mass is 16.7. The van der Waals surface area contributed by atoms with Gasteiger partial charge in [0.2, 0.25) is 0 Å². The second kappa shape index (κ2) is 7.38. The Morgan fingerprint density at radius 3 is 1.92 bits per heavy atom. The topological polar surface area (TPSA) is 30.8 Å². The van der Waals surface area contributed by atoms with Gasteiger partial charge in [-0.15, -0.1) is 0 Å². The van der Waals surface area contributed by atoms with Crippen LogP contribution in [0.15, 0.2) is 65.7 Å². The molecule has 3 nitrogen and oxygen atoms in total. The van der Waals surface area contributed by atoms with E-state index in [1.165, 1.54) is 5.56 Å². The van der Waals surface area contributed by atoms with Crippen molar-refractivity contribution in [1.29, 1.82) is 0 Å². The number of hydrogen-bond acceptors (Lipinski definition) is 3. The maximum Gasteiger partial charge on any atom is 0.466 e. The van der Waals surface area contributed by atoms with Crippen LogP contribution in [0.5, 0.6) is 0 Å². The average Bonchev–Trinajstić information content (AvgIpc) is 2.82. The van der Waals surface area contributed by atoms with Crippen LogP contribution in [0.2, 0.25) is 0 Å². The zero-order valence-corrected chi connectivity index (χ0v) is 16.4. The summed E-state index contributed by atoms with van der Waals surface area (Å²) in [6.45, 7) is 10.5. The van der Waals surface area contributed by atoms with Gasteiger partial charge in [0, 0.05) is 11.5 Å². The molecular formula is C22H28BNO2. The summed E-state index contributed by atoms with van der Waals surface area (Å²) < 4.78 is 12.7. The Labute approximate surface area is 157 Å². The van der Waals surface area contributed by atoms with Crippen LogP contribution in [0.4, 0.5) is 5.69 Å². The highest BCUT2D eigenvalue weighted by molar-refractivity contribution is 6.48. The van der Waals surface area contributed by atoms with Crippen molar-refractivity contribution in [2.75, 3.05) is 0 Å². The zero-order chi connectivity index (χ0) is 18.8. The van der Waals surface area contributed by atoms with Crippen molar-refractivity contribution < 1.29 is 9.31 Å². The molecule has 1 aliphatic rings. The van der Waals surface area contributed by atoms with Crippen LogP contribution in [-0.4, -0.2) is 24.0 Å². The molecule has 1 aliphatic heterocycles. The Morgan fingerprint density at radius 2 is 1.38 bits per heavy atom. The summed E-state index contributed by atoms with van der Waals surface area (Å²) in [5.74, 6) is 0.102. The first-order valence-corrected chi connectivity index (χ1v) is 9.28. The van der Waals surface area contributed by atoms with Gasteiger partial charge >= 0.3 is 7.12 Å². The number of para-hydroxylation sites is 1. The number of nitrogens with zero attached hydrogens (tertiary/aromatic N) is 1. The molecule has 0 bridgehead atoms. The minimum Gasteiger partial charge on any atom is -0.403 e. The highest BCUT2D eigenvalue weighted by Gasteiger charge is 2.53. The predicted molar refractivity (Wildman–Crippen MR) is 109 cm³/mol. The Morgan fingerprint density at radius 1 is 0.885 bits per heavy atom. The molecular weight excluding hydrogens is 321 g/mol. The minimum atomic E-state index is -0.338. The van der Waals surface area contributed by atoms with E-state index in [4.69, 9.17) is 14.3 Å². The van der Waals surface area contributed by atoms with Crippen LogP contribution in [0.25, 0.3) is 0 Å². The van der Waals surface area contributed by atoms with E-state index >= 15 is 0 Å². The molecule has 0 amide bonds. The first kappa shape index (κ1) is 18.9. The maximum atomic E-state index is 6.35. The second-order valence-electron chi connectivity index (χ2n) is 8.03. The first-order valence-electron chi connectivity index (χ1n) is 9.28. The third-order valence-electron chi connectivity index (χ3n) is 5.42. The zero-order valence-electron chi connectivity index (χ0n) is 16.4. The Bertz CT molecular complexity index is 740. The molecule has 0 aromatic heterocycles. The normalized spacial score (nSPS) is 20.2. The minimum absolute atomic E-state index is 0.102. The molecule has 0 aliphatic carbocycles. The lowest BCUT2D eigenvalue weighted by molar-refractivity contribution is 0.00578. The molecule has 3 rings (SSSR count). The van der Waals surface area contributed by atoms with Gasteiger partial charge in [-0.05, 0) is 58.7 Å². The molecule has 0 spiro atoms. The lowest BCUT2D eigenvalue weighted by Crippen LogP contribution is -2.41. The summed E-state index contributed by atoms with van der Waals surface area (Å²) in [6, 6.07) is 20.5. The molecule has 2 aromatic rings. The summed E-state index contributed by atoms with van der Waals surface area (Å²) in [4.78, 5) is 4.77. The van der Waals surface area contributed by atoms with Crippen LogP contribution in [-0.2, 0) is 9.31 Å². The predicted octanol–water partition coefficient (Wildman–Crippen LogP) is 5.58. The van der Waals surface area contributed by atoms with Gasteiger partial charge in [-0.2, -0.15) is 0 Å². The Hall–Kier alpha value is -1.91. The van der Waals surface area contributed by atoms with Crippen molar-refractivity contribution in [3.63, 3.8) is 0 Å². The fraction of sp³-hybridized carbons (Fsp3) is 0.409. The van der Waals surface area contributed by atoms with Crippen LogP contribution in [0.3, 0.4) is 0 Å². The van der Waals surface area contributed by atoms with E-state index in [0.29, 0.717) is 0 Å². The number of rotatable bonds is 5. The molecule has 0 N–H and O–H groups in total. The van der Waals surface area contributed by atoms with Gasteiger partial charge in [-0.3, -0.25) is 4.99 Å². The SMILES string of the molecule is CC(CC(B1OC(C)(C)C(C)(C)O1)c1ccccc1)=Nc1ccccc1. The molecule has 1 fully saturated rings. The van der Waals surface area contributed by atoms with Gasteiger partial charge in [-0.25, -0.2) is 0 Å². The van der Waals surface area contributed by atoms with Crippen LogP contribution < -0.4 is 0 Å². The van der Waals surface area contributed by atoms with E-state index in [9.17, 15) is 0 Å². The molecule has 0 radical (unpaired) electrons. The molecule has 4 heteroatoms. The van der Waals surface area contributed by atoms with Gasteiger partial charge in [0.25, 0.3) is 0 Å². The third-order valence-corrected chi connectivity index (χ3v) is 5.42. The summed E-state index contributed by atoms with van der Waals surface area (Å²) in [6.07, 6.45) is 0.787. The highest BCUT2D eigenvalue weighted by Crippen LogP contribution is 2.41. The van der Waals surface area contributed by atoms with Crippen molar-refractivity contribution in [2.45, 2.75) is 58.1 Å². The lowest BCUT2D eigenvalue weighted by atomic mass is 9.65. The van der Waals surface area contributed by atoms with Crippen LogP contribution >= 0.6 is 0 Å². The summed E-state index contributed by atoms with van der Waals surface area (Å²) in [5, 5.41) is 0.